The van der Waals surface area contributed by atoms with E-state index in [0.29, 0.717) is 37.7 Å². The van der Waals surface area contributed by atoms with Gasteiger partial charge in [0.1, 0.15) is 29.3 Å². The second-order valence-electron chi connectivity index (χ2n) is 10.2. The number of aromatic nitrogens is 2. The van der Waals surface area contributed by atoms with Gasteiger partial charge in [-0.05, 0) is 75.8 Å². The predicted octanol–water partition coefficient (Wildman–Crippen LogP) is 5.24. The number of benzene rings is 1. The summed E-state index contributed by atoms with van der Waals surface area (Å²) >= 11 is 0. The zero-order valence-corrected chi connectivity index (χ0v) is 23.4. The molecule has 0 radical (unpaired) electrons. The third kappa shape index (κ3) is 6.62. The van der Waals surface area contributed by atoms with Gasteiger partial charge < -0.3 is 19.7 Å². The van der Waals surface area contributed by atoms with Crippen molar-refractivity contribution in [1.29, 1.82) is 0 Å². The molecular formula is C30H38F2N4O4. The van der Waals surface area contributed by atoms with E-state index in [4.69, 9.17) is 9.47 Å². The van der Waals surface area contributed by atoms with Crippen LogP contribution in [0.2, 0.25) is 0 Å². The molecule has 1 aromatic carbocycles. The highest BCUT2D eigenvalue weighted by atomic mass is 19.1. The van der Waals surface area contributed by atoms with Crippen molar-refractivity contribution in [3.8, 4) is 0 Å². The average molecular weight is 557 g/mol. The zero-order valence-electron chi connectivity index (χ0n) is 23.4. The van der Waals surface area contributed by atoms with Gasteiger partial charge in [0.2, 0.25) is 0 Å². The van der Waals surface area contributed by atoms with Crippen LogP contribution in [0, 0.1) is 5.82 Å². The standard InChI is InChI=1S/C30H38F2N4O4/c1-5-34-28-26(29(37)35(30(34)38)16-8-18-40-25-9-6-7-17-39-25)36(19-22-11-13-23(32)14-12-22)27(33-28)24(20(2)3)15-10-21(4)31/h10-15,25,27,33H,4-9,16-19H2,1-3H3/b15-10-. The highest BCUT2D eigenvalue weighted by molar-refractivity contribution is 5.74. The van der Waals surface area contributed by atoms with Crippen LogP contribution >= 0.6 is 0 Å². The molecule has 0 amide bonds. The van der Waals surface area contributed by atoms with Gasteiger partial charge in [-0.2, -0.15) is 0 Å². The summed E-state index contributed by atoms with van der Waals surface area (Å²) in [5.74, 6) is -0.565. The van der Waals surface area contributed by atoms with Gasteiger partial charge in [-0.25, -0.2) is 13.6 Å². The zero-order chi connectivity index (χ0) is 28.8. The quantitative estimate of drug-likeness (QED) is 0.302. The predicted molar refractivity (Wildman–Crippen MR) is 153 cm³/mol. The fourth-order valence-electron chi connectivity index (χ4n) is 5.11. The van der Waals surface area contributed by atoms with Crippen molar-refractivity contribution >= 4 is 11.5 Å². The molecule has 40 heavy (non-hydrogen) atoms. The van der Waals surface area contributed by atoms with Crippen molar-refractivity contribution in [1.82, 2.24) is 9.13 Å². The minimum Gasteiger partial charge on any atom is -0.353 e. The number of rotatable bonds is 11. The molecule has 2 aliphatic heterocycles. The molecule has 4 rings (SSSR count). The van der Waals surface area contributed by atoms with Gasteiger partial charge in [0.05, 0.1) is 6.61 Å². The first-order chi connectivity index (χ1) is 19.2. The molecule has 2 aromatic rings. The van der Waals surface area contributed by atoms with E-state index in [0.717, 1.165) is 36.0 Å². The number of fused-ring (bicyclic) bond motifs is 1. The summed E-state index contributed by atoms with van der Waals surface area (Å²) in [6, 6.07) is 6.05. The third-order valence-corrected chi connectivity index (χ3v) is 7.14. The van der Waals surface area contributed by atoms with Crippen LogP contribution in [0.3, 0.4) is 0 Å². The Balaban J connectivity index is 1.72. The number of hydrogen-bond donors (Lipinski definition) is 1. The average Bonchev–Trinajstić information content (AvgIpc) is 3.28. The van der Waals surface area contributed by atoms with Crippen LogP contribution in [-0.4, -0.2) is 34.8 Å². The molecule has 1 saturated heterocycles. The van der Waals surface area contributed by atoms with E-state index >= 15 is 0 Å². The Labute approximate surface area is 233 Å². The lowest BCUT2D eigenvalue weighted by Crippen LogP contribution is -2.43. The summed E-state index contributed by atoms with van der Waals surface area (Å²) < 4.78 is 41.5. The summed E-state index contributed by atoms with van der Waals surface area (Å²) in [5.41, 5.74) is 1.87. The van der Waals surface area contributed by atoms with Crippen molar-refractivity contribution in [2.75, 3.05) is 23.4 Å². The lowest BCUT2D eigenvalue weighted by Gasteiger charge is -2.28. The van der Waals surface area contributed by atoms with Crippen LogP contribution in [0.1, 0.15) is 52.0 Å². The monoisotopic (exact) mass is 556 g/mol. The lowest BCUT2D eigenvalue weighted by atomic mass is 10.1. The minimum atomic E-state index is -0.604. The van der Waals surface area contributed by atoms with Crippen LogP contribution in [-0.2, 0) is 29.1 Å². The molecule has 0 bridgehead atoms. The van der Waals surface area contributed by atoms with Gasteiger partial charge in [0.25, 0.3) is 5.56 Å². The van der Waals surface area contributed by atoms with Crippen molar-refractivity contribution in [2.45, 2.75) is 78.5 Å². The first kappa shape index (κ1) is 29.5. The fraction of sp³-hybridized carbons (Fsp3) is 0.467. The molecule has 2 unspecified atom stereocenters. The van der Waals surface area contributed by atoms with Crippen LogP contribution in [0.15, 0.2) is 69.6 Å². The maximum absolute atomic E-state index is 13.9. The van der Waals surface area contributed by atoms with E-state index in [1.165, 1.54) is 22.8 Å². The lowest BCUT2D eigenvalue weighted by molar-refractivity contribution is -0.163. The van der Waals surface area contributed by atoms with Crippen LogP contribution in [0.4, 0.5) is 20.3 Å². The van der Waals surface area contributed by atoms with Crippen molar-refractivity contribution in [2.24, 2.45) is 0 Å². The topological polar surface area (TPSA) is 77.7 Å². The van der Waals surface area contributed by atoms with Crippen molar-refractivity contribution < 1.29 is 18.3 Å². The number of ether oxygens (including phenoxy) is 2. The van der Waals surface area contributed by atoms with E-state index in [1.807, 2.05) is 25.7 Å². The van der Waals surface area contributed by atoms with Gasteiger partial charge in [-0.1, -0.05) is 30.4 Å². The van der Waals surface area contributed by atoms with Gasteiger partial charge >= 0.3 is 5.69 Å². The normalized spacial score (nSPS) is 18.6. The Morgan fingerprint density at radius 3 is 2.55 bits per heavy atom. The summed E-state index contributed by atoms with van der Waals surface area (Å²) in [6.45, 7) is 10.7. The molecule has 3 heterocycles. The smallest absolute Gasteiger partial charge is 0.332 e. The number of anilines is 2. The maximum Gasteiger partial charge on any atom is 0.332 e. The molecule has 0 saturated carbocycles. The molecule has 1 fully saturated rings. The maximum atomic E-state index is 13.9. The summed E-state index contributed by atoms with van der Waals surface area (Å²) in [5, 5.41) is 3.36. The first-order valence-corrected chi connectivity index (χ1v) is 13.8. The fourth-order valence-corrected chi connectivity index (χ4v) is 5.11. The van der Waals surface area contributed by atoms with Crippen molar-refractivity contribution in [3.63, 3.8) is 0 Å². The summed E-state index contributed by atoms with van der Waals surface area (Å²) in [4.78, 5) is 29.3. The molecule has 1 N–H and O–H groups in total. The molecule has 10 heteroatoms. The molecule has 1 aromatic heterocycles. The van der Waals surface area contributed by atoms with Crippen LogP contribution in [0.25, 0.3) is 0 Å². The Morgan fingerprint density at radius 1 is 1.18 bits per heavy atom. The van der Waals surface area contributed by atoms with Gasteiger partial charge in [0, 0.05) is 26.2 Å². The second kappa shape index (κ2) is 13.2. The number of halogens is 2. The Hall–Kier alpha value is -3.50. The third-order valence-electron chi connectivity index (χ3n) is 7.14. The molecule has 8 nitrogen and oxygen atoms in total. The largest absolute Gasteiger partial charge is 0.353 e. The first-order valence-electron chi connectivity index (χ1n) is 13.8. The van der Waals surface area contributed by atoms with Crippen LogP contribution in [0.5, 0.6) is 0 Å². The van der Waals surface area contributed by atoms with Crippen molar-refractivity contribution in [3.05, 3.63) is 92.2 Å². The highest BCUT2D eigenvalue weighted by Crippen LogP contribution is 2.36. The molecule has 216 valence electrons. The Morgan fingerprint density at radius 2 is 1.93 bits per heavy atom. The number of nitrogens with zero attached hydrogens (tertiary/aromatic N) is 3. The number of allylic oxidation sites excluding steroid dienone is 3. The van der Waals surface area contributed by atoms with E-state index < -0.39 is 23.2 Å². The molecule has 0 aliphatic carbocycles. The highest BCUT2D eigenvalue weighted by Gasteiger charge is 2.37. The van der Waals surface area contributed by atoms with Crippen LogP contribution < -0.4 is 21.5 Å². The van der Waals surface area contributed by atoms with E-state index in [-0.39, 0.29) is 25.2 Å². The minimum absolute atomic E-state index is 0.184. The SMILES string of the molecule is C=C(F)/C=C\C(=C(C)C)C1Nc2c(c(=O)n(CCCOC3CCCCO3)c(=O)n2CC)N1Cc1ccc(F)cc1. The Kier molecular flexibility index (Phi) is 9.76. The van der Waals surface area contributed by atoms with E-state index in [9.17, 15) is 18.4 Å². The molecule has 2 atom stereocenters. The second-order valence-corrected chi connectivity index (χ2v) is 10.2. The molecule has 2 aliphatic rings. The van der Waals surface area contributed by atoms with E-state index in [2.05, 4.69) is 11.9 Å². The summed E-state index contributed by atoms with van der Waals surface area (Å²) in [7, 11) is 0. The summed E-state index contributed by atoms with van der Waals surface area (Å²) in [6.07, 6.45) is 5.45. The van der Waals surface area contributed by atoms with E-state index in [1.54, 1.807) is 22.8 Å². The molecular weight excluding hydrogens is 518 g/mol. The van der Waals surface area contributed by atoms with Gasteiger partial charge in [0.15, 0.2) is 6.29 Å². The number of hydrogen-bond acceptors (Lipinski definition) is 6. The van der Waals surface area contributed by atoms with Gasteiger partial charge in [-0.15, -0.1) is 0 Å². The number of nitrogens with one attached hydrogen (secondary N) is 1. The Bertz CT molecular complexity index is 1380. The van der Waals surface area contributed by atoms with Gasteiger partial charge in [-0.3, -0.25) is 13.9 Å². The molecule has 0 spiro atoms.